The summed E-state index contributed by atoms with van der Waals surface area (Å²) in [6, 6.07) is 14.6. The van der Waals surface area contributed by atoms with Gasteiger partial charge in [-0.15, -0.1) is 0 Å². The van der Waals surface area contributed by atoms with Gasteiger partial charge in [0.05, 0.1) is 30.6 Å². The van der Waals surface area contributed by atoms with Crippen LogP contribution in [0.4, 0.5) is 14.5 Å². The van der Waals surface area contributed by atoms with E-state index < -0.39 is 23.2 Å². The zero-order chi connectivity index (χ0) is 33.8. The number of fused-ring (bicyclic) bond motifs is 1. The van der Waals surface area contributed by atoms with Crippen LogP contribution in [0.1, 0.15) is 41.9 Å². The number of likely N-dealkylation sites (tertiary alicyclic amines) is 1. The summed E-state index contributed by atoms with van der Waals surface area (Å²) in [5.74, 6) is -0.403. The third-order valence-electron chi connectivity index (χ3n) is 8.51. The molecule has 0 bridgehead atoms. The van der Waals surface area contributed by atoms with Gasteiger partial charge in [0.15, 0.2) is 23.1 Å². The number of anilines is 1. The van der Waals surface area contributed by atoms with Gasteiger partial charge in [0.1, 0.15) is 17.3 Å². The molecule has 2 aromatic heterocycles. The molecule has 6 rings (SSSR count). The monoisotopic (exact) mass is 657 g/mol. The van der Waals surface area contributed by atoms with Gasteiger partial charge >= 0.3 is 5.69 Å². The largest absolute Gasteiger partial charge is 0.493 e. The molecular weight excluding hydrogens is 620 g/mol. The van der Waals surface area contributed by atoms with Gasteiger partial charge in [0, 0.05) is 43.0 Å². The molecule has 3 aromatic carbocycles. The Morgan fingerprint density at radius 3 is 2.44 bits per heavy atom. The van der Waals surface area contributed by atoms with E-state index in [1.165, 1.54) is 71.8 Å². The van der Waals surface area contributed by atoms with E-state index in [9.17, 15) is 14.0 Å². The van der Waals surface area contributed by atoms with Crippen LogP contribution in [0, 0.1) is 18.6 Å². The molecule has 0 atom stereocenters. The van der Waals surface area contributed by atoms with E-state index in [1.807, 2.05) is 0 Å². The lowest BCUT2D eigenvalue weighted by Gasteiger charge is -2.26. The zero-order valence-electron chi connectivity index (χ0n) is 27.1. The summed E-state index contributed by atoms with van der Waals surface area (Å²) in [5.41, 5.74) is 1.11. The average molecular weight is 658 g/mol. The molecule has 250 valence electrons. The fourth-order valence-electron chi connectivity index (χ4n) is 6.06. The summed E-state index contributed by atoms with van der Waals surface area (Å²) >= 11 is 0. The van der Waals surface area contributed by atoms with Crippen LogP contribution in [-0.2, 0) is 7.05 Å². The van der Waals surface area contributed by atoms with Gasteiger partial charge in [-0.2, -0.15) is 0 Å². The van der Waals surface area contributed by atoms with Crippen LogP contribution < -0.4 is 25.2 Å². The standard InChI is InChI=1S/C36H37F2N5O5/c1-23-34(41(2)36(45)43(23)26-11-8-24(37)9-12-26)35(44)40-25-10-13-31(28(38)20-25)48-30-14-15-39-29-22-33(32(46-3)21-27(29)30)47-19-7-18-42-16-5-4-6-17-42/h8-15,20-22H,4-7,16-19H2,1-3H3,(H,40,44). The van der Waals surface area contributed by atoms with Gasteiger partial charge in [-0.3, -0.25) is 18.9 Å². The quantitative estimate of drug-likeness (QED) is 0.160. The lowest BCUT2D eigenvalue weighted by atomic mass is 10.1. The van der Waals surface area contributed by atoms with Crippen molar-refractivity contribution in [2.75, 3.05) is 38.7 Å². The summed E-state index contributed by atoms with van der Waals surface area (Å²) in [6.45, 7) is 5.42. The number of piperidine rings is 1. The van der Waals surface area contributed by atoms with Crippen LogP contribution in [0.3, 0.4) is 0 Å². The van der Waals surface area contributed by atoms with Crippen molar-refractivity contribution in [3.05, 3.63) is 100 Å². The highest BCUT2D eigenvalue weighted by Gasteiger charge is 2.22. The fourth-order valence-corrected chi connectivity index (χ4v) is 6.06. The van der Waals surface area contributed by atoms with Crippen molar-refractivity contribution in [3.63, 3.8) is 0 Å². The minimum Gasteiger partial charge on any atom is -0.493 e. The van der Waals surface area contributed by atoms with E-state index in [0.717, 1.165) is 32.1 Å². The molecule has 0 unspecified atom stereocenters. The highest BCUT2D eigenvalue weighted by atomic mass is 19.1. The molecule has 0 spiro atoms. The van der Waals surface area contributed by atoms with Crippen molar-refractivity contribution in [1.82, 2.24) is 19.0 Å². The van der Waals surface area contributed by atoms with E-state index in [1.54, 1.807) is 38.4 Å². The van der Waals surface area contributed by atoms with Gasteiger partial charge in [-0.05, 0) is 87.8 Å². The molecule has 3 heterocycles. The van der Waals surface area contributed by atoms with Crippen LogP contribution in [-0.4, -0.2) is 58.3 Å². The number of pyridine rings is 1. The highest BCUT2D eigenvalue weighted by Crippen LogP contribution is 2.38. The first kappa shape index (κ1) is 32.7. The first-order valence-corrected chi connectivity index (χ1v) is 15.9. The maximum absolute atomic E-state index is 15.4. The number of methoxy groups -OCH3 is 1. The number of ether oxygens (including phenoxy) is 3. The third kappa shape index (κ3) is 6.89. The second kappa shape index (κ2) is 14.3. The number of rotatable bonds is 11. The van der Waals surface area contributed by atoms with Crippen LogP contribution in [0.5, 0.6) is 23.0 Å². The number of halogens is 2. The smallest absolute Gasteiger partial charge is 0.333 e. The van der Waals surface area contributed by atoms with Crippen molar-refractivity contribution in [1.29, 1.82) is 0 Å². The number of imidazole rings is 1. The number of hydrogen-bond acceptors (Lipinski definition) is 7. The minimum atomic E-state index is -0.715. The summed E-state index contributed by atoms with van der Waals surface area (Å²) in [7, 11) is 3.02. The number of nitrogens with one attached hydrogen (secondary N) is 1. The molecule has 10 nitrogen and oxygen atoms in total. The molecular formula is C36H37F2N5O5. The molecule has 1 N–H and O–H groups in total. The molecule has 0 saturated carbocycles. The number of nitrogens with zero attached hydrogens (tertiary/aromatic N) is 4. The Kier molecular flexibility index (Phi) is 9.72. The normalized spacial score (nSPS) is 13.4. The van der Waals surface area contributed by atoms with E-state index in [-0.39, 0.29) is 17.1 Å². The van der Waals surface area contributed by atoms with E-state index in [0.29, 0.717) is 46.1 Å². The first-order valence-electron chi connectivity index (χ1n) is 15.9. The van der Waals surface area contributed by atoms with Gasteiger partial charge in [0.2, 0.25) is 0 Å². The maximum Gasteiger partial charge on any atom is 0.333 e. The van der Waals surface area contributed by atoms with Gasteiger partial charge in [0.25, 0.3) is 5.91 Å². The second-order valence-electron chi connectivity index (χ2n) is 11.7. The predicted octanol–water partition coefficient (Wildman–Crippen LogP) is 6.62. The molecule has 1 aliphatic heterocycles. The lowest BCUT2D eigenvalue weighted by molar-refractivity contribution is 0.101. The zero-order valence-corrected chi connectivity index (χ0v) is 27.1. The van der Waals surface area contributed by atoms with Crippen LogP contribution in [0.2, 0.25) is 0 Å². The number of carbonyl (C=O) groups excluding carboxylic acids is 1. The van der Waals surface area contributed by atoms with Crippen molar-refractivity contribution in [2.24, 2.45) is 7.05 Å². The Morgan fingerprint density at radius 1 is 0.938 bits per heavy atom. The summed E-state index contributed by atoms with van der Waals surface area (Å²) < 4.78 is 49.0. The summed E-state index contributed by atoms with van der Waals surface area (Å²) in [5, 5.41) is 3.26. The van der Waals surface area contributed by atoms with Crippen molar-refractivity contribution < 1.29 is 27.8 Å². The molecule has 12 heteroatoms. The molecule has 0 radical (unpaired) electrons. The topological polar surface area (TPSA) is 99.9 Å². The summed E-state index contributed by atoms with van der Waals surface area (Å²) in [6.07, 6.45) is 6.27. The van der Waals surface area contributed by atoms with Gasteiger partial charge < -0.3 is 24.4 Å². The van der Waals surface area contributed by atoms with Gasteiger partial charge in [-0.1, -0.05) is 6.42 Å². The maximum atomic E-state index is 15.4. The number of carbonyl (C=O) groups is 1. The van der Waals surface area contributed by atoms with E-state index in [4.69, 9.17) is 14.2 Å². The van der Waals surface area contributed by atoms with Gasteiger partial charge in [-0.25, -0.2) is 13.6 Å². The molecule has 1 amide bonds. The predicted molar refractivity (Wildman–Crippen MR) is 179 cm³/mol. The van der Waals surface area contributed by atoms with E-state index >= 15 is 4.39 Å². The SMILES string of the molecule is COc1cc2c(Oc3ccc(NC(=O)c4c(C)n(-c5ccc(F)cc5)c(=O)n4C)cc3F)ccnc2cc1OCCCN1CCCCC1. The fraction of sp³-hybridized carbons (Fsp3) is 0.306. The first-order chi connectivity index (χ1) is 23.2. The number of benzene rings is 3. The number of amides is 1. The van der Waals surface area contributed by atoms with Crippen molar-refractivity contribution >= 4 is 22.5 Å². The summed E-state index contributed by atoms with van der Waals surface area (Å²) in [4.78, 5) is 33.1. The second-order valence-corrected chi connectivity index (χ2v) is 11.7. The Morgan fingerprint density at radius 2 is 1.71 bits per heavy atom. The lowest BCUT2D eigenvalue weighted by Crippen LogP contribution is -2.31. The molecule has 1 fully saturated rings. The van der Waals surface area contributed by atoms with Crippen LogP contribution in [0.25, 0.3) is 16.6 Å². The average Bonchev–Trinajstić information content (AvgIpc) is 3.31. The Bertz CT molecular complexity index is 2000. The Hall–Kier alpha value is -5.23. The number of aromatic nitrogens is 3. The van der Waals surface area contributed by atoms with Crippen LogP contribution >= 0.6 is 0 Å². The molecule has 1 saturated heterocycles. The van der Waals surface area contributed by atoms with Crippen molar-refractivity contribution in [2.45, 2.75) is 32.6 Å². The van der Waals surface area contributed by atoms with Crippen LogP contribution in [0.15, 0.2) is 71.7 Å². The molecule has 48 heavy (non-hydrogen) atoms. The highest BCUT2D eigenvalue weighted by molar-refractivity contribution is 6.04. The minimum absolute atomic E-state index is 0.0662. The Labute approximate surface area is 276 Å². The molecule has 0 aliphatic carbocycles. The van der Waals surface area contributed by atoms with Crippen molar-refractivity contribution in [3.8, 4) is 28.7 Å². The number of hydrogen-bond donors (Lipinski definition) is 1. The molecule has 1 aliphatic rings. The third-order valence-corrected chi connectivity index (χ3v) is 8.51. The Balaban J connectivity index is 1.16. The van der Waals surface area contributed by atoms with E-state index in [2.05, 4.69) is 15.2 Å². The molecule has 5 aromatic rings.